The number of anilines is 2. The van der Waals surface area contributed by atoms with Crippen molar-refractivity contribution < 1.29 is 23.8 Å². The Hall–Kier alpha value is -2.81. The van der Waals surface area contributed by atoms with Crippen LogP contribution < -0.4 is 21.2 Å². The molecule has 0 spiro atoms. The van der Waals surface area contributed by atoms with E-state index in [1.54, 1.807) is 4.57 Å². The highest BCUT2D eigenvalue weighted by molar-refractivity contribution is 6.03. The van der Waals surface area contributed by atoms with Crippen LogP contribution >= 0.6 is 0 Å². The molecule has 3 rings (SSSR count). The molecule has 28 heavy (non-hydrogen) atoms. The molecule has 0 bridgehead atoms. The Morgan fingerprint density at radius 3 is 2.89 bits per heavy atom. The van der Waals surface area contributed by atoms with Crippen molar-refractivity contribution in [2.75, 3.05) is 30.8 Å². The predicted octanol–water partition coefficient (Wildman–Crippen LogP) is 2.60. The lowest BCUT2D eigenvalue weighted by molar-refractivity contribution is 0.0694. The van der Waals surface area contributed by atoms with Crippen LogP contribution in [0.3, 0.4) is 0 Å². The van der Waals surface area contributed by atoms with E-state index >= 15 is 0 Å². The summed E-state index contributed by atoms with van der Waals surface area (Å²) < 4.78 is 27.8. The third-order valence-corrected chi connectivity index (χ3v) is 4.65. The van der Waals surface area contributed by atoms with E-state index in [1.807, 2.05) is 20.8 Å². The molecule has 9 heteroatoms. The molecule has 0 amide bonds. The SMILES string of the molecule is CC(C)OCCCNc1c(F)c(N)c2c(=O)c(C(=O)O)cn3c2c1OC[C@@H]3C. The minimum Gasteiger partial charge on any atom is -0.487 e. The second-order valence-electron chi connectivity index (χ2n) is 7.10. The minimum absolute atomic E-state index is 0.0673. The fraction of sp³-hybridized carbons (Fsp3) is 0.474. The van der Waals surface area contributed by atoms with Crippen molar-refractivity contribution in [3.05, 3.63) is 27.8 Å². The summed E-state index contributed by atoms with van der Waals surface area (Å²) in [5, 5.41) is 12.1. The average Bonchev–Trinajstić information content (AvgIpc) is 2.63. The van der Waals surface area contributed by atoms with E-state index in [2.05, 4.69) is 5.32 Å². The summed E-state index contributed by atoms with van der Waals surface area (Å²) in [6.45, 7) is 6.81. The number of halogens is 1. The van der Waals surface area contributed by atoms with Crippen molar-refractivity contribution in [1.29, 1.82) is 0 Å². The maximum atomic E-state index is 15.0. The number of nitrogens with one attached hydrogen (secondary N) is 1. The molecule has 0 saturated heterocycles. The molecule has 2 aromatic rings. The molecule has 2 heterocycles. The van der Waals surface area contributed by atoms with Crippen molar-refractivity contribution in [2.24, 2.45) is 0 Å². The van der Waals surface area contributed by atoms with Gasteiger partial charge in [-0.15, -0.1) is 0 Å². The number of benzene rings is 1. The molecule has 1 aromatic carbocycles. The largest absolute Gasteiger partial charge is 0.487 e. The van der Waals surface area contributed by atoms with Gasteiger partial charge in [-0.3, -0.25) is 4.79 Å². The Morgan fingerprint density at radius 1 is 1.54 bits per heavy atom. The van der Waals surface area contributed by atoms with E-state index < -0.39 is 22.8 Å². The molecule has 1 aliphatic rings. The number of nitrogens with zero attached hydrogens (tertiary/aromatic N) is 1. The molecule has 0 unspecified atom stereocenters. The molecule has 8 nitrogen and oxygen atoms in total. The van der Waals surface area contributed by atoms with Gasteiger partial charge >= 0.3 is 5.97 Å². The second-order valence-corrected chi connectivity index (χ2v) is 7.10. The summed E-state index contributed by atoms with van der Waals surface area (Å²) in [6.07, 6.45) is 2.01. The topological polar surface area (TPSA) is 116 Å². The summed E-state index contributed by atoms with van der Waals surface area (Å²) in [5.41, 5.74) is 4.62. The van der Waals surface area contributed by atoms with E-state index in [4.69, 9.17) is 15.2 Å². The van der Waals surface area contributed by atoms with Crippen molar-refractivity contribution in [3.63, 3.8) is 0 Å². The molecule has 0 saturated carbocycles. The summed E-state index contributed by atoms with van der Waals surface area (Å²) in [5.74, 6) is -2.05. The summed E-state index contributed by atoms with van der Waals surface area (Å²) in [6, 6.07) is -0.245. The Labute approximate surface area is 161 Å². The second kappa shape index (κ2) is 7.67. The normalized spacial score (nSPS) is 15.7. The van der Waals surface area contributed by atoms with E-state index in [1.165, 1.54) is 6.20 Å². The molecular formula is C19H24FN3O5. The first-order chi connectivity index (χ1) is 13.2. The van der Waals surface area contributed by atoms with Gasteiger partial charge in [-0.05, 0) is 27.2 Å². The number of rotatable bonds is 7. The molecule has 0 radical (unpaired) electrons. The smallest absolute Gasteiger partial charge is 0.341 e. The van der Waals surface area contributed by atoms with Gasteiger partial charge in [-0.1, -0.05) is 0 Å². The fourth-order valence-corrected chi connectivity index (χ4v) is 3.26. The van der Waals surface area contributed by atoms with Gasteiger partial charge in [0.25, 0.3) is 0 Å². The van der Waals surface area contributed by atoms with Crippen LogP contribution in [0.25, 0.3) is 10.9 Å². The van der Waals surface area contributed by atoms with Gasteiger partial charge in [-0.25, -0.2) is 9.18 Å². The number of pyridine rings is 1. The number of nitrogens with two attached hydrogens (primary N) is 1. The van der Waals surface area contributed by atoms with Crippen LogP contribution in [0.5, 0.6) is 5.75 Å². The number of carbonyl (C=O) groups is 1. The molecular weight excluding hydrogens is 369 g/mol. The highest BCUT2D eigenvalue weighted by Crippen LogP contribution is 2.43. The van der Waals surface area contributed by atoms with Gasteiger partial charge in [-0.2, -0.15) is 0 Å². The van der Waals surface area contributed by atoms with Crippen molar-refractivity contribution in [2.45, 2.75) is 39.3 Å². The number of carboxylic acids is 1. The quantitative estimate of drug-likeness (QED) is 0.489. The highest BCUT2D eigenvalue weighted by Gasteiger charge is 2.30. The number of nitrogen functional groups attached to an aromatic ring is 1. The van der Waals surface area contributed by atoms with Crippen LogP contribution in [-0.4, -0.2) is 41.5 Å². The molecule has 152 valence electrons. The number of carboxylic acid groups (broad SMARTS) is 1. The zero-order valence-corrected chi connectivity index (χ0v) is 16.0. The van der Waals surface area contributed by atoms with Crippen LogP contribution in [-0.2, 0) is 4.74 Å². The third kappa shape index (κ3) is 3.37. The van der Waals surface area contributed by atoms with E-state index in [-0.39, 0.29) is 41.3 Å². The Kier molecular flexibility index (Phi) is 5.46. The minimum atomic E-state index is -1.39. The molecule has 4 N–H and O–H groups in total. The number of aromatic nitrogens is 1. The zero-order valence-electron chi connectivity index (χ0n) is 16.0. The Bertz CT molecular complexity index is 986. The monoisotopic (exact) mass is 393 g/mol. The van der Waals surface area contributed by atoms with Crippen molar-refractivity contribution in [1.82, 2.24) is 4.57 Å². The molecule has 1 aliphatic heterocycles. The number of aromatic carboxylic acids is 1. The van der Waals surface area contributed by atoms with Crippen LogP contribution in [0.2, 0.25) is 0 Å². The van der Waals surface area contributed by atoms with Crippen LogP contribution in [0.4, 0.5) is 15.8 Å². The maximum absolute atomic E-state index is 15.0. The number of hydrogen-bond acceptors (Lipinski definition) is 6. The Morgan fingerprint density at radius 2 is 2.25 bits per heavy atom. The number of hydrogen-bond donors (Lipinski definition) is 3. The van der Waals surface area contributed by atoms with Crippen molar-refractivity contribution in [3.8, 4) is 5.75 Å². The number of ether oxygens (including phenoxy) is 2. The molecule has 0 fully saturated rings. The van der Waals surface area contributed by atoms with Gasteiger partial charge in [0.05, 0.1) is 28.7 Å². The first kappa shape index (κ1) is 19.9. The maximum Gasteiger partial charge on any atom is 0.341 e. The van der Waals surface area contributed by atoms with Gasteiger partial charge < -0.3 is 30.2 Å². The zero-order chi connectivity index (χ0) is 20.6. The standard InChI is InChI=1S/C19H24FN3O5/c1-9(2)27-6-4-5-22-15-13(20)14(21)12-16-18(15)28-8-10(3)23(16)7-11(17(12)24)19(25)26/h7,9-10,22H,4-6,8,21H2,1-3H3,(H,25,26)/t10-/m0/s1. The lowest BCUT2D eigenvalue weighted by Gasteiger charge is -2.29. The van der Waals surface area contributed by atoms with Gasteiger partial charge in [0, 0.05) is 19.3 Å². The van der Waals surface area contributed by atoms with Crippen LogP contribution in [0.15, 0.2) is 11.0 Å². The molecule has 1 aromatic heterocycles. The molecule has 0 aliphatic carbocycles. The predicted molar refractivity (Wildman–Crippen MR) is 104 cm³/mol. The fourth-order valence-electron chi connectivity index (χ4n) is 3.26. The first-order valence-corrected chi connectivity index (χ1v) is 9.15. The van der Waals surface area contributed by atoms with E-state index in [0.717, 1.165) is 0 Å². The first-order valence-electron chi connectivity index (χ1n) is 9.15. The lowest BCUT2D eigenvalue weighted by atomic mass is 10.0. The Balaban J connectivity index is 2.11. The van der Waals surface area contributed by atoms with Gasteiger partial charge in [0.15, 0.2) is 11.6 Å². The van der Waals surface area contributed by atoms with Gasteiger partial charge in [0.1, 0.15) is 17.9 Å². The van der Waals surface area contributed by atoms with Crippen LogP contribution in [0, 0.1) is 5.82 Å². The summed E-state index contributed by atoms with van der Waals surface area (Å²) in [7, 11) is 0. The van der Waals surface area contributed by atoms with Crippen molar-refractivity contribution >= 4 is 28.2 Å². The van der Waals surface area contributed by atoms with Gasteiger partial charge in [0.2, 0.25) is 5.43 Å². The summed E-state index contributed by atoms with van der Waals surface area (Å²) in [4.78, 5) is 24.1. The molecule has 1 atom stereocenters. The van der Waals surface area contributed by atoms with E-state index in [9.17, 15) is 19.1 Å². The lowest BCUT2D eigenvalue weighted by Crippen LogP contribution is -2.28. The van der Waals surface area contributed by atoms with Crippen LogP contribution in [0.1, 0.15) is 43.6 Å². The summed E-state index contributed by atoms with van der Waals surface area (Å²) >= 11 is 0. The third-order valence-electron chi connectivity index (χ3n) is 4.65. The van der Waals surface area contributed by atoms with E-state index in [0.29, 0.717) is 25.1 Å². The average molecular weight is 393 g/mol. The highest BCUT2D eigenvalue weighted by atomic mass is 19.1.